The van der Waals surface area contributed by atoms with E-state index in [2.05, 4.69) is 10.6 Å². The van der Waals surface area contributed by atoms with Gasteiger partial charge in [-0.05, 0) is 38.3 Å². The number of benzene rings is 1. The summed E-state index contributed by atoms with van der Waals surface area (Å²) in [6, 6.07) is 3.31. The van der Waals surface area contributed by atoms with E-state index in [1.54, 1.807) is 0 Å². The summed E-state index contributed by atoms with van der Waals surface area (Å²) in [5, 5.41) is 5.26. The second kappa shape index (κ2) is 6.60. The first kappa shape index (κ1) is 16.0. The number of ether oxygens (including phenoxy) is 1. The van der Waals surface area contributed by atoms with Crippen LogP contribution in [0, 0.1) is 20.8 Å². The molecule has 1 atom stereocenters. The van der Waals surface area contributed by atoms with Crippen LogP contribution >= 0.6 is 0 Å². The fourth-order valence-electron chi connectivity index (χ4n) is 2.58. The second-order valence-electron chi connectivity index (χ2n) is 5.59. The SMILES string of the molecule is Cc1cc(C)c(NC(=O)COC(=O)[C@@H]2CCC(=O)N2)c(C)c1. The van der Waals surface area contributed by atoms with Crippen molar-refractivity contribution in [3.8, 4) is 0 Å². The maximum atomic E-state index is 11.9. The van der Waals surface area contributed by atoms with Crippen molar-refractivity contribution in [3.63, 3.8) is 0 Å². The zero-order chi connectivity index (χ0) is 16.3. The van der Waals surface area contributed by atoms with Gasteiger partial charge in [0.25, 0.3) is 5.91 Å². The Kier molecular flexibility index (Phi) is 4.80. The van der Waals surface area contributed by atoms with Crippen molar-refractivity contribution < 1.29 is 19.1 Å². The number of rotatable bonds is 4. The number of aryl methyl sites for hydroxylation is 3. The lowest BCUT2D eigenvalue weighted by Crippen LogP contribution is -2.36. The molecule has 2 amide bonds. The van der Waals surface area contributed by atoms with Gasteiger partial charge in [0.2, 0.25) is 5.91 Å². The minimum atomic E-state index is -0.636. The molecule has 118 valence electrons. The molecule has 1 fully saturated rings. The molecule has 1 heterocycles. The van der Waals surface area contributed by atoms with E-state index < -0.39 is 17.9 Å². The van der Waals surface area contributed by atoms with Crippen molar-refractivity contribution in [1.29, 1.82) is 0 Å². The summed E-state index contributed by atoms with van der Waals surface area (Å²) in [6.45, 7) is 5.45. The molecule has 22 heavy (non-hydrogen) atoms. The molecular weight excluding hydrogens is 284 g/mol. The quantitative estimate of drug-likeness (QED) is 0.823. The number of anilines is 1. The van der Waals surface area contributed by atoms with E-state index in [1.807, 2.05) is 32.9 Å². The van der Waals surface area contributed by atoms with Crippen LogP contribution < -0.4 is 10.6 Å². The predicted octanol–water partition coefficient (Wildman–Crippen LogP) is 1.37. The number of nitrogens with one attached hydrogen (secondary N) is 2. The molecule has 0 aliphatic carbocycles. The third-order valence-corrected chi connectivity index (χ3v) is 3.57. The molecule has 1 aromatic carbocycles. The molecule has 0 saturated carbocycles. The van der Waals surface area contributed by atoms with E-state index in [0.717, 1.165) is 22.4 Å². The lowest BCUT2D eigenvalue weighted by molar-refractivity contribution is -0.149. The van der Waals surface area contributed by atoms with Gasteiger partial charge >= 0.3 is 5.97 Å². The molecule has 0 bridgehead atoms. The highest BCUT2D eigenvalue weighted by Gasteiger charge is 2.28. The lowest BCUT2D eigenvalue weighted by atomic mass is 10.1. The summed E-state index contributed by atoms with van der Waals surface area (Å²) in [5.74, 6) is -1.14. The summed E-state index contributed by atoms with van der Waals surface area (Å²) in [4.78, 5) is 34.7. The topological polar surface area (TPSA) is 84.5 Å². The summed E-state index contributed by atoms with van der Waals surface area (Å²) < 4.78 is 4.95. The summed E-state index contributed by atoms with van der Waals surface area (Å²) >= 11 is 0. The average Bonchev–Trinajstić information content (AvgIpc) is 2.87. The minimum Gasteiger partial charge on any atom is -0.454 e. The number of hydrogen-bond donors (Lipinski definition) is 2. The molecule has 6 nitrogen and oxygen atoms in total. The predicted molar refractivity (Wildman–Crippen MR) is 81.4 cm³/mol. The van der Waals surface area contributed by atoms with Gasteiger partial charge in [-0.25, -0.2) is 4.79 Å². The van der Waals surface area contributed by atoms with Crippen LogP contribution in [0.25, 0.3) is 0 Å². The van der Waals surface area contributed by atoms with Crippen LogP contribution in [0.15, 0.2) is 12.1 Å². The van der Waals surface area contributed by atoms with Gasteiger partial charge in [0.1, 0.15) is 6.04 Å². The van der Waals surface area contributed by atoms with E-state index in [-0.39, 0.29) is 12.5 Å². The first-order valence-electron chi connectivity index (χ1n) is 7.20. The molecule has 1 aliphatic heterocycles. The normalized spacial score (nSPS) is 17.0. The standard InChI is InChI=1S/C16H20N2O4/c1-9-6-10(2)15(11(3)7-9)18-14(20)8-22-16(21)12-4-5-13(19)17-12/h6-7,12H,4-5,8H2,1-3H3,(H,17,19)(H,18,20)/t12-/m0/s1. The van der Waals surface area contributed by atoms with Gasteiger partial charge in [-0.1, -0.05) is 17.7 Å². The Morgan fingerprint density at radius 3 is 2.45 bits per heavy atom. The summed E-state index contributed by atoms with van der Waals surface area (Å²) in [6.07, 6.45) is 0.725. The zero-order valence-corrected chi connectivity index (χ0v) is 13.0. The first-order valence-corrected chi connectivity index (χ1v) is 7.20. The van der Waals surface area contributed by atoms with Gasteiger partial charge in [0.05, 0.1) is 0 Å². The number of carbonyl (C=O) groups is 3. The van der Waals surface area contributed by atoms with Crippen molar-refractivity contribution >= 4 is 23.5 Å². The molecule has 0 radical (unpaired) electrons. The van der Waals surface area contributed by atoms with Crippen LogP contribution in [-0.2, 0) is 19.1 Å². The number of hydrogen-bond acceptors (Lipinski definition) is 4. The number of carbonyl (C=O) groups excluding carboxylic acids is 3. The van der Waals surface area contributed by atoms with Crippen molar-refractivity contribution in [1.82, 2.24) is 5.32 Å². The number of amides is 2. The molecule has 2 rings (SSSR count). The van der Waals surface area contributed by atoms with Crippen LogP contribution in [0.4, 0.5) is 5.69 Å². The molecular formula is C16H20N2O4. The molecule has 6 heteroatoms. The van der Waals surface area contributed by atoms with Crippen LogP contribution in [0.5, 0.6) is 0 Å². The van der Waals surface area contributed by atoms with E-state index in [9.17, 15) is 14.4 Å². The van der Waals surface area contributed by atoms with Crippen molar-refractivity contribution in [2.24, 2.45) is 0 Å². The minimum absolute atomic E-state index is 0.169. The van der Waals surface area contributed by atoms with E-state index in [0.29, 0.717) is 12.8 Å². The Balaban J connectivity index is 1.88. The van der Waals surface area contributed by atoms with Gasteiger partial charge in [0.15, 0.2) is 6.61 Å². The Morgan fingerprint density at radius 2 is 1.91 bits per heavy atom. The van der Waals surface area contributed by atoms with Crippen LogP contribution in [0.3, 0.4) is 0 Å². The fourth-order valence-corrected chi connectivity index (χ4v) is 2.58. The van der Waals surface area contributed by atoms with Gasteiger partial charge in [-0.2, -0.15) is 0 Å². The highest BCUT2D eigenvalue weighted by Crippen LogP contribution is 2.21. The Morgan fingerprint density at radius 1 is 1.27 bits per heavy atom. The molecule has 0 spiro atoms. The molecule has 0 aromatic heterocycles. The third kappa shape index (κ3) is 3.84. The van der Waals surface area contributed by atoms with Crippen LogP contribution in [0.1, 0.15) is 29.5 Å². The number of esters is 1. The lowest BCUT2D eigenvalue weighted by Gasteiger charge is -2.14. The smallest absolute Gasteiger partial charge is 0.329 e. The largest absolute Gasteiger partial charge is 0.454 e. The van der Waals surface area contributed by atoms with E-state index >= 15 is 0 Å². The first-order chi connectivity index (χ1) is 10.4. The van der Waals surface area contributed by atoms with E-state index in [4.69, 9.17) is 4.74 Å². The Bertz CT molecular complexity index is 602. The van der Waals surface area contributed by atoms with Crippen LogP contribution in [-0.4, -0.2) is 30.4 Å². The summed E-state index contributed by atoms with van der Waals surface area (Å²) in [7, 11) is 0. The highest BCUT2D eigenvalue weighted by molar-refractivity contribution is 5.95. The van der Waals surface area contributed by atoms with Gasteiger partial charge in [-0.15, -0.1) is 0 Å². The van der Waals surface area contributed by atoms with Crippen molar-refractivity contribution in [2.45, 2.75) is 39.7 Å². The van der Waals surface area contributed by atoms with Crippen molar-refractivity contribution in [3.05, 3.63) is 28.8 Å². The molecule has 1 aliphatic rings. The Hall–Kier alpha value is -2.37. The van der Waals surface area contributed by atoms with Gasteiger partial charge in [-0.3, -0.25) is 9.59 Å². The average molecular weight is 304 g/mol. The van der Waals surface area contributed by atoms with Gasteiger partial charge in [0, 0.05) is 12.1 Å². The molecule has 0 unspecified atom stereocenters. The molecule has 1 saturated heterocycles. The van der Waals surface area contributed by atoms with Gasteiger partial charge < -0.3 is 15.4 Å². The van der Waals surface area contributed by atoms with Crippen LogP contribution in [0.2, 0.25) is 0 Å². The maximum absolute atomic E-state index is 11.9. The second-order valence-corrected chi connectivity index (χ2v) is 5.59. The van der Waals surface area contributed by atoms with Crippen molar-refractivity contribution in [2.75, 3.05) is 11.9 Å². The van der Waals surface area contributed by atoms with E-state index in [1.165, 1.54) is 0 Å². The highest BCUT2D eigenvalue weighted by atomic mass is 16.5. The third-order valence-electron chi connectivity index (χ3n) is 3.57. The fraction of sp³-hybridized carbons (Fsp3) is 0.438. The summed E-state index contributed by atoms with van der Waals surface area (Å²) in [5.41, 5.74) is 3.78. The monoisotopic (exact) mass is 304 g/mol. The molecule has 1 aromatic rings. The molecule has 2 N–H and O–H groups in total. The zero-order valence-electron chi connectivity index (χ0n) is 13.0. The maximum Gasteiger partial charge on any atom is 0.329 e. The Labute approximate surface area is 129 Å².